The number of benzene rings is 2. The Balaban J connectivity index is 1.52. The second-order valence-corrected chi connectivity index (χ2v) is 9.12. The van der Waals surface area contributed by atoms with Gasteiger partial charge in [-0.1, -0.05) is 34.1 Å². The van der Waals surface area contributed by atoms with Gasteiger partial charge in [-0.15, -0.1) is 11.3 Å². The molecular formula is C22H13BrF3N3O2S. The van der Waals surface area contributed by atoms with Crippen LogP contribution in [0.2, 0.25) is 0 Å². The molecule has 2 aromatic heterocycles. The zero-order valence-electron chi connectivity index (χ0n) is 16.1. The molecule has 2 amide bonds. The van der Waals surface area contributed by atoms with Gasteiger partial charge in [0, 0.05) is 20.9 Å². The maximum Gasteiger partial charge on any atom is 0.288 e. The van der Waals surface area contributed by atoms with Crippen LogP contribution in [0, 0.1) is 0 Å². The Morgan fingerprint density at radius 3 is 2.34 bits per heavy atom. The minimum absolute atomic E-state index is 0.0121. The van der Waals surface area contributed by atoms with E-state index in [0.717, 1.165) is 20.8 Å². The molecule has 1 aliphatic heterocycles. The maximum atomic E-state index is 14.6. The van der Waals surface area contributed by atoms with Crippen LogP contribution in [-0.2, 0) is 6.54 Å². The molecule has 1 aliphatic rings. The largest absolute Gasteiger partial charge is 0.303 e. The number of halogens is 4. The SMILES string of the molecule is O=C1c2ccccc2C(=O)N1Cc1cnc(-c2cc3c(Br)cccc3n2C(F)C(F)F)s1. The van der Waals surface area contributed by atoms with Crippen LogP contribution in [0.1, 0.15) is 31.9 Å². The summed E-state index contributed by atoms with van der Waals surface area (Å²) in [6.07, 6.45) is -4.31. The molecule has 10 heteroatoms. The van der Waals surface area contributed by atoms with Crippen molar-refractivity contribution in [2.75, 3.05) is 0 Å². The zero-order valence-corrected chi connectivity index (χ0v) is 18.5. The van der Waals surface area contributed by atoms with Crippen molar-refractivity contribution < 1.29 is 22.8 Å². The molecule has 1 atom stereocenters. The number of thiazole rings is 1. The van der Waals surface area contributed by atoms with Crippen LogP contribution < -0.4 is 0 Å². The zero-order chi connectivity index (χ0) is 22.6. The predicted molar refractivity (Wildman–Crippen MR) is 118 cm³/mol. The van der Waals surface area contributed by atoms with Crippen molar-refractivity contribution in [3.63, 3.8) is 0 Å². The van der Waals surface area contributed by atoms with Gasteiger partial charge in [0.1, 0.15) is 5.01 Å². The summed E-state index contributed by atoms with van der Waals surface area (Å²) >= 11 is 4.49. The third-order valence-electron chi connectivity index (χ3n) is 5.25. The lowest BCUT2D eigenvalue weighted by Crippen LogP contribution is -2.28. The second kappa shape index (κ2) is 7.86. The lowest BCUT2D eigenvalue weighted by atomic mass is 10.1. The van der Waals surface area contributed by atoms with Crippen LogP contribution in [0.3, 0.4) is 0 Å². The molecule has 0 saturated heterocycles. The van der Waals surface area contributed by atoms with Gasteiger partial charge in [-0.3, -0.25) is 14.5 Å². The Hall–Kier alpha value is -2.98. The van der Waals surface area contributed by atoms with Gasteiger partial charge in [-0.2, -0.15) is 0 Å². The number of carbonyl (C=O) groups excluding carboxylic acids is 2. The maximum absolute atomic E-state index is 14.6. The Kier molecular flexibility index (Phi) is 5.13. The summed E-state index contributed by atoms with van der Waals surface area (Å²) in [4.78, 5) is 31.2. The van der Waals surface area contributed by atoms with Crippen LogP contribution in [0.25, 0.3) is 21.6 Å². The normalized spacial score (nSPS) is 14.6. The third-order valence-corrected chi connectivity index (χ3v) is 6.95. The number of rotatable bonds is 5. The summed E-state index contributed by atoms with van der Waals surface area (Å²) in [6, 6.07) is 13.1. The van der Waals surface area contributed by atoms with Gasteiger partial charge in [0.25, 0.3) is 18.2 Å². The fourth-order valence-corrected chi connectivity index (χ4v) is 5.18. The van der Waals surface area contributed by atoms with Crippen LogP contribution in [0.4, 0.5) is 13.2 Å². The topological polar surface area (TPSA) is 55.2 Å². The van der Waals surface area contributed by atoms with E-state index in [1.807, 2.05) is 0 Å². The molecule has 5 rings (SSSR count). The lowest BCUT2D eigenvalue weighted by Gasteiger charge is -2.14. The van der Waals surface area contributed by atoms with E-state index in [1.165, 1.54) is 6.20 Å². The number of carbonyl (C=O) groups is 2. The summed E-state index contributed by atoms with van der Waals surface area (Å²) < 4.78 is 42.7. The number of alkyl halides is 3. The number of hydrogen-bond acceptors (Lipinski definition) is 4. The van der Waals surface area contributed by atoms with Crippen molar-refractivity contribution in [1.29, 1.82) is 0 Å². The standard InChI is InChI=1S/C22H13BrF3N3O2S/c23-15-6-3-7-16-14(15)8-17(29(16)19(26)18(24)25)20-27-9-11(32-20)10-28-21(30)12-4-1-2-5-13(12)22(28)31/h1-9,18-19H,10H2. The predicted octanol–water partition coefficient (Wildman–Crippen LogP) is 6.06. The molecule has 0 saturated carbocycles. The van der Waals surface area contributed by atoms with E-state index in [9.17, 15) is 22.8 Å². The van der Waals surface area contributed by atoms with Crippen molar-refractivity contribution in [3.05, 3.63) is 75.2 Å². The van der Waals surface area contributed by atoms with Gasteiger partial charge >= 0.3 is 0 Å². The van der Waals surface area contributed by atoms with Crippen LogP contribution >= 0.6 is 27.3 Å². The first-order valence-electron chi connectivity index (χ1n) is 9.49. The molecule has 162 valence electrons. The molecule has 0 aliphatic carbocycles. The van der Waals surface area contributed by atoms with E-state index in [0.29, 0.717) is 36.4 Å². The molecule has 32 heavy (non-hydrogen) atoms. The van der Waals surface area contributed by atoms with Gasteiger partial charge in [0.2, 0.25) is 6.30 Å². The monoisotopic (exact) mass is 519 g/mol. The smallest absolute Gasteiger partial charge is 0.288 e. The molecule has 1 unspecified atom stereocenters. The Morgan fingerprint density at radius 1 is 1.00 bits per heavy atom. The Labute approximate surface area is 192 Å². The van der Waals surface area contributed by atoms with Crippen molar-refractivity contribution >= 4 is 50.0 Å². The molecule has 2 aromatic carbocycles. The molecule has 3 heterocycles. The average molecular weight is 520 g/mol. The number of hydrogen-bond donors (Lipinski definition) is 0. The number of aromatic nitrogens is 2. The molecule has 0 fully saturated rings. The highest BCUT2D eigenvalue weighted by molar-refractivity contribution is 9.10. The summed E-state index contributed by atoms with van der Waals surface area (Å²) in [7, 11) is 0. The number of imide groups is 1. The van der Waals surface area contributed by atoms with E-state index in [2.05, 4.69) is 20.9 Å². The number of fused-ring (bicyclic) bond motifs is 2. The summed E-state index contributed by atoms with van der Waals surface area (Å²) in [5.41, 5.74) is 1.17. The van der Waals surface area contributed by atoms with Gasteiger partial charge in [-0.25, -0.2) is 18.2 Å². The van der Waals surface area contributed by atoms with Crippen molar-refractivity contribution in [2.24, 2.45) is 0 Å². The van der Waals surface area contributed by atoms with E-state index < -0.39 is 24.5 Å². The van der Waals surface area contributed by atoms with E-state index in [4.69, 9.17) is 0 Å². The molecule has 0 radical (unpaired) electrons. The minimum atomic E-state index is -3.22. The lowest BCUT2D eigenvalue weighted by molar-refractivity contribution is 0.0115. The summed E-state index contributed by atoms with van der Waals surface area (Å²) in [6.45, 7) is -0.0121. The van der Waals surface area contributed by atoms with E-state index >= 15 is 0 Å². The Bertz CT molecular complexity index is 1350. The van der Waals surface area contributed by atoms with Gasteiger partial charge in [0.15, 0.2) is 0 Å². The quantitative estimate of drug-likeness (QED) is 0.301. The third kappa shape index (κ3) is 3.25. The van der Waals surface area contributed by atoms with Crippen LogP contribution in [0.15, 0.2) is 59.2 Å². The minimum Gasteiger partial charge on any atom is -0.303 e. The molecule has 0 spiro atoms. The highest BCUT2D eigenvalue weighted by atomic mass is 79.9. The van der Waals surface area contributed by atoms with Crippen LogP contribution in [-0.4, -0.2) is 32.7 Å². The highest BCUT2D eigenvalue weighted by Gasteiger charge is 2.35. The fourth-order valence-electron chi connectivity index (χ4n) is 3.80. The number of nitrogens with zero attached hydrogens (tertiary/aromatic N) is 3. The molecular weight excluding hydrogens is 507 g/mol. The highest BCUT2D eigenvalue weighted by Crippen LogP contribution is 2.39. The average Bonchev–Trinajstić information content (AvgIpc) is 3.46. The van der Waals surface area contributed by atoms with Crippen molar-refractivity contribution in [2.45, 2.75) is 19.3 Å². The van der Waals surface area contributed by atoms with Gasteiger partial charge in [0.05, 0.1) is 28.9 Å². The summed E-state index contributed by atoms with van der Waals surface area (Å²) in [5.74, 6) is -0.805. The fraction of sp³-hybridized carbons (Fsp3) is 0.136. The van der Waals surface area contributed by atoms with Gasteiger partial charge in [-0.05, 0) is 30.3 Å². The van der Waals surface area contributed by atoms with Crippen molar-refractivity contribution in [1.82, 2.24) is 14.5 Å². The van der Waals surface area contributed by atoms with Gasteiger partial charge < -0.3 is 4.57 Å². The first kappa shape index (κ1) is 20.9. The summed E-state index contributed by atoms with van der Waals surface area (Å²) in [5, 5.41) is 0.880. The first-order valence-corrected chi connectivity index (χ1v) is 11.1. The van der Waals surface area contributed by atoms with Crippen molar-refractivity contribution in [3.8, 4) is 10.7 Å². The van der Waals surface area contributed by atoms with Crippen LogP contribution in [0.5, 0.6) is 0 Å². The molecule has 4 aromatic rings. The van der Waals surface area contributed by atoms with E-state index in [-0.39, 0.29) is 12.2 Å². The number of amides is 2. The first-order chi connectivity index (χ1) is 15.4. The second-order valence-electron chi connectivity index (χ2n) is 7.15. The Morgan fingerprint density at radius 2 is 1.69 bits per heavy atom. The molecule has 0 N–H and O–H groups in total. The molecule has 5 nitrogen and oxygen atoms in total. The molecule has 0 bridgehead atoms. The van der Waals surface area contributed by atoms with E-state index in [1.54, 1.807) is 48.5 Å².